The molecule has 0 bridgehead atoms. The van der Waals surface area contributed by atoms with Crippen LogP contribution in [0.1, 0.15) is 19.3 Å². The summed E-state index contributed by atoms with van der Waals surface area (Å²) in [5.41, 5.74) is 1.17. The van der Waals surface area contributed by atoms with E-state index in [4.69, 9.17) is 18.9 Å². The van der Waals surface area contributed by atoms with Crippen molar-refractivity contribution in [3.63, 3.8) is 0 Å². The highest BCUT2D eigenvalue weighted by Gasteiger charge is 2.10. The number of anilines is 2. The number of esters is 1. The van der Waals surface area contributed by atoms with Crippen LogP contribution in [0.2, 0.25) is 0 Å². The normalized spacial score (nSPS) is 10.2. The number of nitrogens with one attached hydrogen (secondary N) is 2. The molecule has 36 heavy (non-hydrogen) atoms. The summed E-state index contributed by atoms with van der Waals surface area (Å²) in [7, 11) is 3.15. The molecule has 0 unspecified atom stereocenters. The third-order valence-corrected chi connectivity index (χ3v) is 4.96. The van der Waals surface area contributed by atoms with Gasteiger partial charge in [-0.25, -0.2) is 0 Å². The predicted octanol–water partition coefficient (Wildman–Crippen LogP) is 4.79. The van der Waals surface area contributed by atoms with Gasteiger partial charge in [-0.15, -0.1) is 0 Å². The Hall–Kier alpha value is -4.53. The van der Waals surface area contributed by atoms with E-state index < -0.39 is 18.5 Å². The van der Waals surface area contributed by atoms with E-state index >= 15 is 0 Å². The molecule has 0 saturated carbocycles. The second-order valence-electron chi connectivity index (χ2n) is 7.64. The molecule has 0 aliphatic rings. The molecule has 9 heteroatoms. The quantitative estimate of drug-likeness (QED) is 0.350. The first kappa shape index (κ1) is 26.1. The van der Waals surface area contributed by atoms with Crippen molar-refractivity contribution in [1.29, 1.82) is 0 Å². The van der Waals surface area contributed by atoms with E-state index in [1.54, 1.807) is 87.0 Å². The molecule has 0 radical (unpaired) electrons. The fourth-order valence-electron chi connectivity index (χ4n) is 3.09. The monoisotopic (exact) mass is 492 g/mol. The zero-order valence-electron chi connectivity index (χ0n) is 20.1. The number of benzene rings is 3. The van der Waals surface area contributed by atoms with Crippen LogP contribution in [-0.2, 0) is 19.1 Å². The molecule has 188 valence electrons. The molecule has 3 aromatic rings. The third-order valence-electron chi connectivity index (χ3n) is 4.96. The lowest BCUT2D eigenvalue weighted by Crippen LogP contribution is -2.21. The first-order valence-electron chi connectivity index (χ1n) is 11.3. The molecule has 9 nitrogen and oxygen atoms in total. The van der Waals surface area contributed by atoms with Crippen molar-refractivity contribution in [3.05, 3.63) is 72.8 Å². The van der Waals surface area contributed by atoms with Crippen LogP contribution in [-0.4, -0.2) is 38.6 Å². The largest absolute Gasteiger partial charge is 0.497 e. The zero-order valence-corrected chi connectivity index (χ0v) is 20.1. The second kappa shape index (κ2) is 13.4. The van der Waals surface area contributed by atoms with Gasteiger partial charge in [0.05, 0.1) is 14.2 Å². The van der Waals surface area contributed by atoms with Gasteiger partial charge in [-0.3, -0.25) is 14.4 Å². The molecule has 0 atom stereocenters. The molecule has 0 fully saturated rings. The van der Waals surface area contributed by atoms with Crippen molar-refractivity contribution in [1.82, 2.24) is 0 Å². The van der Waals surface area contributed by atoms with E-state index in [0.717, 1.165) is 5.75 Å². The number of rotatable bonds is 12. The summed E-state index contributed by atoms with van der Waals surface area (Å²) in [6, 6.07) is 20.9. The lowest BCUT2D eigenvalue weighted by atomic mass is 10.2. The first-order valence-corrected chi connectivity index (χ1v) is 11.3. The van der Waals surface area contributed by atoms with Crippen molar-refractivity contribution in [2.75, 3.05) is 31.5 Å². The third kappa shape index (κ3) is 8.68. The molecule has 0 aliphatic heterocycles. The highest BCUT2D eigenvalue weighted by molar-refractivity contribution is 5.93. The van der Waals surface area contributed by atoms with Gasteiger partial charge in [0.15, 0.2) is 6.61 Å². The molecule has 2 N–H and O–H groups in total. The number of amides is 2. The lowest BCUT2D eigenvalue weighted by molar-refractivity contribution is -0.147. The fraction of sp³-hybridized carbons (Fsp3) is 0.222. The van der Waals surface area contributed by atoms with E-state index in [-0.39, 0.29) is 18.7 Å². The Morgan fingerprint density at radius 3 is 1.58 bits per heavy atom. The number of hydrogen-bond acceptors (Lipinski definition) is 7. The number of methoxy groups -OCH3 is 2. The van der Waals surface area contributed by atoms with Crippen LogP contribution < -0.4 is 24.8 Å². The van der Waals surface area contributed by atoms with Crippen molar-refractivity contribution in [2.45, 2.75) is 19.3 Å². The van der Waals surface area contributed by atoms with Gasteiger partial charge in [0.2, 0.25) is 5.91 Å². The average Bonchev–Trinajstić information content (AvgIpc) is 2.89. The number of carbonyl (C=O) groups excluding carboxylic acids is 3. The molecular formula is C27H28N2O7. The van der Waals surface area contributed by atoms with Gasteiger partial charge < -0.3 is 29.6 Å². The molecule has 2 amide bonds. The number of carbonyl (C=O) groups is 3. The fourth-order valence-corrected chi connectivity index (χ4v) is 3.09. The standard InChI is InChI=1S/C27H28N2O7/c1-33-21-10-6-20(7-11-21)29-26(31)18-35-27(32)5-3-4-25(30)28-19-8-12-23(13-9-19)36-24-16-14-22(34-2)15-17-24/h6-17H,3-5,18H2,1-2H3,(H,28,30)(H,29,31). The Balaban J connectivity index is 1.32. The minimum Gasteiger partial charge on any atom is -0.497 e. The van der Waals surface area contributed by atoms with Gasteiger partial charge in [-0.1, -0.05) is 0 Å². The summed E-state index contributed by atoms with van der Waals surface area (Å²) < 4.78 is 20.9. The molecule has 0 heterocycles. The summed E-state index contributed by atoms with van der Waals surface area (Å²) >= 11 is 0. The summed E-state index contributed by atoms with van der Waals surface area (Å²) in [4.78, 5) is 36.0. The van der Waals surface area contributed by atoms with Crippen molar-refractivity contribution >= 4 is 29.2 Å². The van der Waals surface area contributed by atoms with Gasteiger partial charge in [0, 0.05) is 24.2 Å². The van der Waals surface area contributed by atoms with Crippen molar-refractivity contribution in [2.24, 2.45) is 0 Å². The Labute approximate surface area is 209 Å². The molecule has 3 aromatic carbocycles. The first-order chi connectivity index (χ1) is 17.4. The van der Waals surface area contributed by atoms with Crippen LogP contribution in [0, 0.1) is 0 Å². The molecule has 0 saturated heterocycles. The van der Waals surface area contributed by atoms with E-state index in [1.807, 2.05) is 0 Å². The summed E-state index contributed by atoms with van der Waals surface area (Å²) in [5, 5.41) is 5.39. The summed E-state index contributed by atoms with van der Waals surface area (Å²) in [6.07, 6.45) is 0.457. The maximum absolute atomic E-state index is 12.2. The average molecular weight is 493 g/mol. The minimum absolute atomic E-state index is 0.0257. The van der Waals surface area contributed by atoms with Gasteiger partial charge in [-0.2, -0.15) is 0 Å². The summed E-state index contributed by atoms with van der Waals surface area (Å²) in [6.45, 7) is -0.401. The Bertz CT molecular complexity index is 1140. The molecular weight excluding hydrogens is 464 g/mol. The maximum Gasteiger partial charge on any atom is 0.306 e. The zero-order chi connectivity index (χ0) is 25.8. The van der Waals surface area contributed by atoms with Crippen LogP contribution in [0.3, 0.4) is 0 Å². The van der Waals surface area contributed by atoms with Crippen LogP contribution in [0.5, 0.6) is 23.0 Å². The van der Waals surface area contributed by atoms with Crippen LogP contribution in [0.15, 0.2) is 72.8 Å². The predicted molar refractivity (Wildman–Crippen MR) is 135 cm³/mol. The second-order valence-corrected chi connectivity index (χ2v) is 7.64. The van der Waals surface area contributed by atoms with Crippen LogP contribution >= 0.6 is 0 Å². The Morgan fingerprint density at radius 2 is 1.06 bits per heavy atom. The van der Waals surface area contributed by atoms with Gasteiger partial charge >= 0.3 is 5.97 Å². The van der Waals surface area contributed by atoms with Gasteiger partial charge in [0.1, 0.15) is 23.0 Å². The molecule has 3 rings (SSSR count). The van der Waals surface area contributed by atoms with Crippen LogP contribution in [0.25, 0.3) is 0 Å². The molecule has 0 aliphatic carbocycles. The Morgan fingerprint density at radius 1 is 0.611 bits per heavy atom. The van der Waals surface area contributed by atoms with Gasteiger partial charge in [-0.05, 0) is 79.2 Å². The molecule has 0 aromatic heterocycles. The lowest BCUT2D eigenvalue weighted by Gasteiger charge is -2.09. The maximum atomic E-state index is 12.2. The topological polar surface area (TPSA) is 112 Å². The smallest absolute Gasteiger partial charge is 0.306 e. The van der Waals surface area contributed by atoms with E-state index in [9.17, 15) is 14.4 Å². The van der Waals surface area contributed by atoms with Crippen molar-refractivity contribution in [3.8, 4) is 23.0 Å². The van der Waals surface area contributed by atoms with Gasteiger partial charge in [0.25, 0.3) is 5.91 Å². The summed E-state index contributed by atoms with van der Waals surface area (Å²) in [5.74, 6) is 1.46. The highest BCUT2D eigenvalue weighted by atomic mass is 16.5. The number of hydrogen-bond donors (Lipinski definition) is 2. The van der Waals surface area contributed by atoms with Crippen molar-refractivity contribution < 1.29 is 33.3 Å². The molecule has 0 spiro atoms. The Kier molecular flexibility index (Phi) is 9.69. The number of ether oxygens (including phenoxy) is 4. The SMILES string of the molecule is COc1ccc(NC(=O)COC(=O)CCCC(=O)Nc2ccc(Oc3ccc(OC)cc3)cc2)cc1. The van der Waals surface area contributed by atoms with E-state index in [2.05, 4.69) is 10.6 Å². The van der Waals surface area contributed by atoms with E-state index in [0.29, 0.717) is 35.0 Å². The minimum atomic E-state index is -0.548. The van der Waals surface area contributed by atoms with E-state index in [1.165, 1.54) is 0 Å². The highest BCUT2D eigenvalue weighted by Crippen LogP contribution is 2.25. The van der Waals surface area contributed by atoms with Crippen LogP contribution in [0.4, 0.5) is 11.4 Å².